The smallest absolute Gasteiger partial charge is 0.336 e. The Kier molecular flexibility index (Phi) is 2.67. The van der Waals surface area contributed by atoms with E-state index in [4.69, 9.17) is 9.63 Å². The van der Waals surface area contributed by atoms with E-state index in [0.717, 1.165) is 6.07 Å². The van der Waals surface area contributed by atoms with Gasteiger partial charge in [-0.1, -0.05) is 5.16 Å². The molecule has 0 aliphatic carbocycles. The molecule has 2 rings (SSSR count). The second-order valence-corrected chi connectivity index (χ2v) is 3.69. The molecule has 88 valence electrons. The predicted molar refractivity (Wildman–Crippen MR) is 58.3 cm³/mol. The number of benzene rings is 1. The lowest BCUT2D eigenvalue weighted by atomic mass is 9.98. The van der Waals surface area contributed by atoms with E-state index in [1.54, 1.807) is 13.8 Å². The highest BCUT2D eigenvalue weighted by Gasteiger charge is 2.19. The molecule has 17 heavy (non-hydrogen) atoms. The Morgan fingerprint density at radius 3 is 2.65 bits per heavy atom. The number of hydrogen-bond acceptors (Lipinski definition) is 3. The van der Waals surface area contributed by atoms with Gasteiger partial charge in [0.1, 0.15) is 11.6 Å². The fraction of sp³-hybridized carbons (Fsp3) is 0.167. The van der Waals surface area contributed by atoms with E-state index in [0.29, 0.717) is 17.0 Å². The quantitative estimate of drug-likeness (QED) is 0.869. The van der Waals surface area contributed by atoms with Gasteiger partial charge in [0.05, 0.1) is 11.3 Å². The van der Waals surface area contributed by atoms with Gasteiger partial charge in [0, 0.05) is 11.1 Å². The Morgan fingerprint density at radius 2 is 2.12 bits per heavy atom. The predicted octanol–water partition coefficient (Wildman–Crippen LogP) is 2.80. The molecule has 1 heterocycles. The number of rotatable bonds is 2. The molecule has 0 saturated carbocycles. The highest BCUT2D eigenvalue weighted by atomic mass is 19.1. The van der Waals surface area contributed by atoms with Crippen molar-refractivity contribution in [1.82, 2.24) is 5.16 Å². The van der Waals surface area contributed by atoms with Gasteiger partial charge >= 0.3 is 5.97 Å². The molecule has 0 bridgehead atoms. The third kappa shape index (κ3) is 1.91. The number of aromatic nitrogens is 1. The Morgan fingerprint density at radius 1 is 1.41 bits per heavy atom. The number of aryl methyl sites for hydroxylation is 2. The van der Waals surface area contributed by atoms with E-state index < -0.39 is 11.8 Å². The summed E-state index contributed by atoms with van der Waals surface area (Å²) in [7, 11) is 0. The first kappa shape index (κ1) is 11.3. The first-order valence-electron chi connectivity index (χ1n) is 4.97. The minimum atomic E-state index is -1.11. The number of hydrogen-bond donors (Lipinski definition) is 1. The van der Waals surface area contributed by atoms with Crippen molar-refractivity contribution in [3.8, 4) is 11.1 Å². The van der Waals surface area contributed by atoms with Gasteiger partial charge in [-0.25, -0.2) is 9.18 Å². The summed E-state index contributed by atoms with van der Waals surface area (Å²) in [5, 5.41) is 12.8. The Labute approximate surface area is 96.7 Å². The average molecular weight is 235 g/mol. The third-order valence-electron chi connectivity index (χ3n) is 2.51. The standard InChI is InChI=1S/C12H10FNO3/c1-6-11(7(2)17-14-6)10-5-8(13)3-4-9(10)12(15)16/h3-5H,1-2H3,(H,15,16). The largest absolute Gasteiger partial charge is 0.478 e. The summed E-state index contributed by atoms with van der Waals surface area (Å²) in [5.41, 5.74) is 1.38. The molecule has 0 amide bonds. The molecule has 1 aromatic heterocycles. The summed E-state index contributed by atoms with van der Waals surface area (Å²) in [4.78, 5) is 11.1. The van der Waals surface area contributed by atoms with Gasteiger partial charge in [-0.3, -0.25) is 0 Å². The van der Waals surface area contributed by atoms with Gasteiger partial charge in [-0.2, -0.15) is 0 Å². The first-order chi connectivity index (χ1) is 8.00. The van der Waals surface area contributed by atoms with Crippen molar-refractivity contribution in [1.29, 1.82) is 0 Å². The van der Waals surface area contributed by atoms with Crippen LogP contribution < -0.4 is 0 Å². The molecule has 0 unspecified atom stereocenters. The van der Waals surface area contributed by atoms with Gasteiger partial charge in [0.2, 0.25) is 0 Å². The minimum Gasteiger partial charge on any atom is -0.478 e. The zero-order valence-corrected chi connectivity index (χ0v) is 9.32. The molecular weight excluding hydrogens is 225 g/mol. The first-order valence-corrected chi connectivity index (χ1v) is 4.97. The number of carboxylic acids is 1. The molecule has 0 spiro atoms. The Hall–Kier alpha value is -2.17. The van der Waals surface area contributed by atoms with Crippen LogP contribution >= 0.6 is 0 Å². The molecule has 0 aliphatic heterocycles. The number of carboxylic acid groups (broad SMARTS) is 1. The summed E-state index contributed by atoms with van der Waals surface area (Å²) in [6, 6.07) is 3.53. The van der Waals surface area contributed by atoms with Crippen LogP contribution in [0.15, 0.2) is 22.7 Å². The van der Waals surface area contributed by atoms with Crippen molar-refractivity contribution in [2.75, 3.05) is 0 Å². The molecular formula is C12H10FNO3. The monoisotopic (exact) mass is 235 g/mol. The van der Waals surface area contributed by atoms with Crippen LogP contribution in [0, 0.1) is 19.7 Å². The van der Waals surface area contributed by atoms with E-state index in [-0.39, 0.29) is 11.1 Å². The normalized spacial score (nSPS) is 10.5. The molecule has 4 nitrogen and oxygen atoms in total. The summed E-state index contributed by atoms with van der Waals surface area (Å²) in [6.45, 7) is 3.34. The summed E-state index contributed by atoms with van der Waals surface area (Å²) in [5.74, 6) is -1.14. The molecule has 0 saturated heterocycles. The molecule has 2 aromatic rings. The summed E-state index contributed by atoms with van der Waals surface area (Å²) >= 11 is 0. The van der Waals surface area contributed by atoms with Gasteiger partial charge in [-0.15, -0.1) is 0 Å². The molecule has 0 aliphatic rings. The van der Waals surface area contributed by atoms with Gasteiger partial charge in [-0.05, 0) is 32.0 Å². The molecule has 0 fully saturated rings. The van der Waals surface area contributed by atoms with E-state index in [2.05, 4.69) is 5.16 Å². The fourth-order valence-corrected chi connectivity index (χ4v) is 1.78. The lowest BCUT2D eigenvalue weighted by molar-refractivity contribution is 0.0697. The number of nitrogens with zero attached hydrogens (tertiary/aromatic N) is 1. The molecule has 0 atom stereocenters. The van der Waals surface area contributed by atoms with Crippen LogP contribution in [0.5, 0.6) is 0 Å². The van der Waals surface area contributed by atoms with E-state index in [1.165, 1.54) is 12.1 Å². The third-order valence-corrected chi connectivity index (χ3v) is 2.51. The van der Waals surface area contributed by atoms with E-state index in [9.17, 15) is 9.18 Å². The Balaban J connectivity index is 2.74. The summed E-state index contributed by atoms with van der Waals surface area (Å²) in [6.07, 6.45) is 0. The highest BCUT2D eigenvalue weighted by Crippen LogP contribution is 2.30. The van der Waals surface area contributed by atoms with Crippen molar-refractivity contribution in [3.05, 3.63) is 41.0 Å². The SMILES string of the molecule is Cc1noc(C)c1-c1cc(F)ccc1C(=O)O. The van der Waals surface area contributed by atoms with Crippen molar-refractivity contribution in [3.63, 3.8) is 0 Å². The average Bonchev–Trinajstić information content (AvgIpc) is 2.58. The van der Waals surface area contributed by atoms with Crippen LogP contribution in [0.4, 0.5) is 4.39 Å². The molecule has 0 radical (unpaired) electrons. The van der Waals surface area contributed by atoms with Gasteiger partial charge in [0.25, 0.3) is 0 Å². The zero-order chi connectivity index (χ0) is 12.6. The maximum absolute atomic E-state index is 13.2. The molecule has 1 N–H and O–H groups in total. The topological polar surface area (TPSA) is 63.3 Å². The van der Waals surface area contributed by atoms with Crippen LogP contribution in [-0.4, -0.2) is 16.2 Å². The van der Waals surface area contributed by atoms with Crippen LogP contribution in [0.2, 0.25) is 0 Å². The second kappa shape index (κ2) is 4.01. The van der Waals surface area contributed by atoms with Crippen molar-refractivity contribution in [2.45, 2.75) is 13.8 Å². The molecule has 1 aromatic carbocycles. The van der Waals surface area contributed by atoms with Gasteiger partial charge in [0.15, 0.2) is 0 Å². The number of aromatic carboxylic acids is 1. The van der Waals surface area contributed by atoms with Crippen LogP contribution in [-0.2, 0) is 0 Å². The van der Waals surface area contributed by atoms with Gasteiger partial charge < -0.3 is 9.63 Å². The van der Waals surface area contributed by atoms with Crippen molar-refractivity contribution >= 4 is 5.97 Å². The van der Waals surface area contributed by atoms with Crippen molar-refractivity contribution < 1.29 is 18.8 Å². The Bertz CT molecular complexity index is 570. The lowest BCUT2D eigenvalue weighted by Gasteiger charge is -2.05. The van der Waals surface area contributed by atoms with Crippen LogP contribution in [0.3, 0.4) is 0 Å². The van der Waals surface area contributed by atoms with E-state index >= 15 is 0 Å². The van der Waals surface area contributed by atoms with Crippen LogP contribution in [0.1, 0.15) is 21.8 Å². The highest BCUT2D eigenvalue weighted by molar-refractivity contribution is 5.96. The van der Waals surface area contributed by atoms with Crippen molar-refractivity contribution in [2.24, 2.45) is 0 Å². The zero-order valence-electron chi connectivity index (χ0n) is 9.32. The minimum absolute atomic E-state index is 0.0285. The van der Waals surface area contributed by atoms with E-state index in [1.807, 2.05) is 0 Å². The second-order valence-electron chi connectivity index (χ2n) is 3.69. The van der Waals surface area contributed by atoms with Crippen LogP contribution in [0.25, 0.3) is 11.1 Å². The summed E-state index contributed by atoms with van der Waals surface area (Å²) < 4.78 is 18.2. The maximum atomic E-state index is 13.2. The molecule has 5 heteroatoms. The fourth-order valence-electron chi connectivity index (χ4n) is 1.78. The lowest BCUT2D eigenvalue weighted by Crippen LogP contribution is -2.00. The number of halogens is 1. The maximum Gasteiger partial charge on any atom is 0.336 e. The number of carbonyl (C=O) groups is 1.